The van der Waals surface area contributed by atoms with Crippen LogP contribution in [0.4, 0.5) is 4.79 Å². The third kappa shape index (κ3) is 5.36. The van der Waals surface area contributed by atoms with Gasteiger partial charge in [0.25, 0.3) is 0 Å². The normalized spacial score (nSPS) is 11.0. The van der Waals surface area contributed by atoms with E-state index in [-0.39, 0.29) is 13.2 Å². The van der Waals surface area contributed by atoms with Crippen LogP contribution in [0.2, 0.25) is 0 Å². The van der Waals surface area contributed by atoms with E-state index in [9.17, 15) is 19.5 Å². The molecule has 0 saturated heterocycles. The smallest absolute Gasteiger partial charge is 0.372 e. The van der Waals surface area contributed by atoms with Crippen molar-refractivity contribution in [1.82, 2.24) is 10.7 Å². The third-order valence-corrected chi connectivity index (χ3v) is 2.62. The lowest BCUT2D eigenvalue weighted by Crippen LogP contribution is -2.63. The SMILES string of the molecule is CCOC(=O)C(O)(NC(=O)NN=Cc1ccccc1)C(=O)OCC. The number of hydrazone groups is 1. The largest absolute Gasteiger partial charge is 0.462 e. The number of esters is 2. The van der Waals surface area contributed by atoms with Crippen molar-refractivity contribution in [2.24, 2.45) is 5.10 Å². The average Bonchev–Trinajstić information content (AvgIpc) is 2.56. The van der Waals surface area contributed by atoms with Gasteiger partial charge in [-0.1, -0.05) is 30.3 Å². The van der Waals surface area contributed by atoms with E-state index in [1.165, 1.54) is 20.1 Å². The minimum Gasteiger partial charge on any atom is -0.462 e. The summed E-state index contributed by atoms with van der Waals surface area (Å²) >= 11 is 0. The first-order valence-corrected chi connectivity index (χ1v) is 7.17. The molecule has 24 heavy (non-hydrogen) atoms. The van der Waals surface area contributed by atoms with E-state index >= 15 is 0 Å². The summed E-state index contributed by atoms with van der Waals surface area (Å²) in [5.74, 6) is -2.71. The number of hydrogen-bond donors (Lipinski definition) is 3. The molecular formula is C15H19N3O6. The lowest BCUT2D eigenvalue weighted by Gasteiger charge is -2.23. The summed E-state index contributed by atoms with van der Waals surface area (Å²) in [4.78, 5) is 35.3. The second-order valence-electron chi connectivity index (χ2n) is 4.39. The number of nitrogens with zero attached hydrogens (tertiary/aromatic N) is 1. The van der Waals surface area contributed by atoms with Crippen LogP contribution in [-0.2, 0) is 19.1 Å². The van der Waals surface area contributed by atoms with Crippen molar-refractivity contribution >= 4 is 24.2 Å². The quantitative estimate of drug-likeness (QED) is 0.213. The molecule has 0 aliphatic heterocycles. The molecule has 0 saturated carbocycles. The Morgan fingerprint density at radius 3 is 2.17 bits per heavy atom. The maximum atomic E-state index is 11.8. The topological polar surface area (TPSA) is 126 Å². The van der Waals surface area contributed by atoms with Crippen LogP contribution in [0.25, 0.3) is 0 Å². The van der Waals surface area contributed by atoms with Crippen LogP contribution in [0.5, 0.6) is 0 Å². The first kappa shape index (κ1) is 19.1. The van der Waals surface area contributed by atoms with E-state index < -0.39 is 23.7 Å². The van der Waals surface area contributed by atoms with Gasteiger partial charge in [-0.15, -0.1) is 0 Å². The molecule has 0 unspecified atom stereocenters. The molecule has 0 heterocycles. The Morgan fingerprint density at radius 1 is 1.12 bits per heavy atom. The number of carbonyl (C=O) groups excluding carboxylic acids is 3. The lowest BCUT2D eigenvalue weighted by molar-refractivity contribution is -0.185. The van der Waals surface area contributed by atoms with Crippen molar-refractivity contribution in [2.45, 2.75) is 19.6 Å². The molecule has 0 aromatic heterocycles. The summed E-state index contributed by atoms with van der Waals surface area (Å²) in [5, 5.41) is 15.5. The van der Waals surface area contributed by atoms with Crippen molar-refractivity contribution in [3.63, 3.8) is 0 Å². The summed E-state index contributed by atoms with van der Waals surface area (Å²) in [6, 6.07) is 7.78. The Kier molecular flexibility index (Phi) is 7.37. The molecule has 0 aliphatic carbocycles. The first-order chi connectivity index (χ1) is 11.4. The van der Waals surface area contributed by atoms with Gasteiger partial charge in [0, 0.05) is 0 Å². The number of hydrogen-bond acceptors (Lipinski definition) is 7. The lowest BCUT2D eigenvalue weighted by atomic mass is 10.2. The highest BCUT2D eigenvalue weighted by molar-refractivity contribution is 6.05. The number of urea groups is 1. The van der Waals surface area contributed by atoms with E-state index in [0.717, 1.165) is 0 Å². The Balaban J connectivity index is 2.75. The zero-order valence-corrected chi connectivity index (χ0v) is 13.3. The van der Waals surface area contributed by atoms with E-state index in [1.54, 1.807) is 29.6 Å². The van der Waals surface area contributed by atoms with E-state index in [0.29, 0.717) is 5.56 Å². The van der Waals surface area contributed by atoms with Crippen molar-refractivity contribution < 1.29 is 29.0 Å². The minimum absolute atomic E-state index is 0.101. The molecule has 1 rings (SSSR count). The number of nitrogens with one attached hydrogen (secondary N) is 2. The molecule has 0 aliphatic rings. The van der Waals surface area contributed by atoms with Crippen LogP contribution in [0, 0.1) is 0 Å². The van der Waals surface area contributed by atoms with Gasteiger partial charge in [-0.25, -0.2) is 19.8 Å². The minimum atomic E-state index is -2.96. The van der Waals surface area contributed by atoms with Crippen molar-refractivity contribution in [2.75, 3.05) is 13.2 Å². The molecule has 1 aromatic rings. The third-order valence-electron chi connectivity index (χ3n) is 2.62. The molecule has 0 spiro atoms. The molecule has 0 fully saturated rings. The fraction of sp³-hybridized carbons (Fsp3) is 0.333. The summed E-state index contributed by atoms with van der Waals surface area (Å²) in [6.45, 7) is 2.76. The molecule has 0 bridgehead atoms. The van der Waals surface area contributed by atoms with Crippen LogP contribution >= 0.6 is 0 Å². The number of rotatable bonds is 7. The predicted molar refractivity (Wildman–Crippen MR) is 83.9 cm³/mol. The molecular weight excluding hydrogens is 318 g/mol. The van der Waals surface area contributed by atoms with E-state index in [2.05, 4.69) is 14.6 Å². The maximum absolute atomic E-state index is 11.8. The van der Waals surface area contributed by atoms with Crippen LogP contribution in [0.1, 0.15) is 19.4 Å². The van der Waals surface area contributed by atoms with Crippen LogP contribution in [0.3, 0.4) is 0 Å². The predicted octanol–water partition coefficient (Wildman–Crippen LogP) is 0.134. The van der Waals surface area contributed by atoms with Gasteiger partial charge >= 0.3 is 23.7 Å². The Morgan fingerprint density at radius 2 is 1.67 bits per heavy atom. The van der Waals surface area contributed by atoms with Gasteiger partial charge in [0.05, 0.1) is 19.4 Å². The molecule has 9 heteroatoms. The summed E-state index contributed by atoms with van der Waals surface area (Å²) in [7, 11) is 0. The first-order valence-electron chi connectivity index (χ1n) is 7.17. The Hall–Kier alpha value is -2.94. The molecule has 130 valence electrons. The van der Waals surface area contributed by atoms with E-state index in [1.807, 2.05) is 11.5 Å². The highest BCUT2D eigenvalue weighted by atomic mass is 16.6. The molecule has 0 atom stereocenters. The number of amides is 2. The maximum Gasteiger partial charge on any atom is 0.372 e. The van der Waals surface area contributed by atoms with Crippen molar-refractivity contribution in [3.05, 3.63) is 35.9 Å². The second kappa shape index (κ2) is 9.26. The van der Waals surface area contributed by atoms with Crippen molar-refractivity contribution in [3.8, 4) is 0 Å². The van der Waals surface area contributed by atoms with Gasteiger partial charge in [-0.05, 0) is 19.4 Å². The fourth-order valence-corrected chi connectivity index (χ4v) is 1.55. The number of aliphatic hydroxyl groups is 1. The van der Waals surface area contributed by atoms with Gasteiger partial charge in [-0.3, -0.25) is 5.32 Å². The summed E-state index contributed by atoms with van der Waals surface area (Å²) in [6.07, 6.45) is 1.34. The van der Waals surface area contributed by atoms with Gasteiger partial charge in [-0.2, -0.15) is 5.10 Å². The second-order valence-corrected chi connectivity index (χ2v) is 4.39. The highest BCUT2D eigenvalue weighted by Gasteiger charge is 2.49. The molecule has 3 N–H and O–H groups in total. The van der Waals surface area contributed by atoms with Gasteiger partial charge < -0.3 is 14.6 Å². The summed E-state index contributed by atoms with van der Waals surface area (Å²) in [5.41, 5.74) is -0.223. The van der Waals surface area contributed by atoms with Crippen LogP contribution in [-0.4, -0.2) is 48.2 Å². The van der Waals surface area contributed by atoms with Gasteiger partial charge in [0.15, 0.2) is 0 Å². The Bertz CT molecular complexity index is 584. The van der Waals surface area contributed by atoms with Crippen molar-refractivity contribution in [1.29, 1.82) is 0 Å². The Labute approximate surface area is 138 Å². The summed E-state index contributed by atoms with van der Waals surface area (Å²) < 4.78 is 9.16. The molecule has 1 aromatic carbocycles. The van der Waals surface area contributed by atoms with Crippen LogP contribution < -0.4 is 10.7 Å². The monoisotopic (exact) mass is 337 g/mol. The fourth-order valence-electron chi connectivity index (χ4n) is 1.55. The van der Waals surface area contributed by atoms with Gasteiger partial charge in [0.2, 0.25) is 0 Å². The number of ether oxygens (including phenoxy) is 2. The average molecular weight is 337 g/mol. The molecule has 9 nitrogen and oxygen atoms in total. The molecule has 0 radical (unpaired) electrons. The van der Waals surface area contributed by atoms with Crippen LogP contribution in [0.15, 0.2) is 35.4 Å². The zero-order chi connectivity index (χ0) is 18.0. The highest BCUT2D eigenvalue weighted by Crippen LogP contribution is 2.07. The standard InChI is InChI=1S/C15H19N3O6/c1-3-23-12(19)15(22,13(20)24-4-2)17-14(21)18-16-10-11-8-6-5-7-9-11/h5-10,22H,3-4H2,1-2H3,(H2,17,18,21). The zero-order valence-electron chi connectivity index (χ0n) is 13.3. The number of carbonyl (C=O) groups is 3. The van der Waals surface area contributed by atoms with Gasteiger partial charge in [0.1, 0.15) is 0 Å². The van der Waals surface area contributed by atoms with E-state index in [4.69, 9.17) is 0 Å². The molecule has 2 amide bonds. The number of benzene rings is 1.